The van der Waals surface area contributed by atoms with Gasteiger partial charge in [-0.15, -0.1) is 0 Å². The Morgan fingerprint density at radius 3 is 2.74 bits per heavy atom. The molecule has 6 heteroatoms. The number of guanidine groups is 1. The summed E-state index contributed by atoms with van der Waals surface area (Å²) in [6.07, 6.45) is 3.39. The van der Waals surface area contributed by atoms with Crippen LogP contribution in [-0.4, -0.2) is 35.7 Å². The predicted octanol–water partition coefficient (Wildman–Crippen LogP) is 1.14. The van der Waals surface area contributed by atoms with Crippen molar-refractivity contribution in [2.24, 2.45) is 10.7 Å². The van der Waals surface area contributed by atoms with Crippen molar-refractivity contribution in [3.05, 3.63) is 35.4 Å². The van der Waals surface area contributed by atoms with Gasteiger partial charge >= 0.3 is 0 Å². The number of nitrogens with one attached hydrogen (secondary N) is 2. The Morgan fingerprint density at radius 2 is 2.09 bits per heavy atom. The van der Waals surface area contributed by atoms with Crippen LogP contribution in [0.5, 0.6) is 0 Å². The molecule has 1 aromatic rings. The third-order valence-corrected chi connectivity index (χ3v) is 4.01. The van der Waals surface area contributed by atoms with Crippen molar-refractivity contribution in [2.75, 3.05) is 6.54 Å². The van der Waals surface area contributed by atoms with Crippen LogP contribution in [-0.2, 0) is 6.54 Å². The van der Waals surface area contributed by atoms with Crippen LogP contribution in [0.2, 0.25) is 0 Å². The highest BCUT2D eigenvalue weighted by Gasteiger charge is 2.19. The van der Waals surface area contributed by atoms with Crippen LogP contribution >= 0.6 is 0 Å². The van der Waals surface area contributed by atoms with Gasteiger partial charge in [0.05, 0.1) is 12.6 Å². The topological polar surface area (TPSA) is 99.7 Å². The number of hydrogen-bond donors (Lipinski definition) is 4. The van der Waals surface area contributed by atoms with Crippen LogP contribution in [0, 0.1) is 0 Å². The molecule has 1 saturated carbocycles. The molecule has 0 bridgehead atoms. The Bertz CT molecular complexity index is 551. The number of nitrogens with zero attached hydrogens (tertiary/aromatic N) is 1. The maximum Gasteiger partial charge on any atom is 0.248 e. The summed E-state index contributed by atoms with van der Waals surface area (Å²) < 4.78 is 0. The summed E-state index contributed by atoms with van der Waals surface area (Å²) in [4.78, 5) is 15.8. The number of benzene rings is 1. The highest BCUT2D eigenvalue weighted by atomic mass is 16.3. The molecule has 0 aliphatic heterocycles. The van der Waals surface area contributed by atoms with Gasteiger partial charge in [-0.25, -0.2) is 4.99 Å². The lowest BCUT2D eigenvalue weighted by atomic mass is 9.93. The Kier molecular flexibility index (Phi) is 6.40. The minimum absolute atomic E-state index is 0.163. The SMILES string of the molecule is CCNC(=NCc1cccc(C(N)=O)c1)NC1CCC(O)CC1. The second kappa shape index (κ2) is 8.53. The molecule has 0 atom stereocenters. The van der Waals surface area contributed by atoms with Crippen molar-refractivity contribution in [1.82, 2.24) is 10.6 Å². The summed E-state index contributed by atoms with van der Waals surface area (Å²) >= 11 is 0. The highest BCUT2D eigenvalue weighted by Crippen LogP contribution is 2.18. The Balaban J connectivity index is 1.98. The minimum atomic E-state index is -0.429. The lowest BCUT2D eigenvalue weighted by Gasteiger charge is -2.27. The number of carbonyl (C=O) groups is 1. The molecule has 2 rings (SSSR count). The lowest BCUT2D eigenvalue weighted by Crippen LogP contribution is -2.45. The summed E-state index contributed by atoms with van der Waals surface area (Å²) in [5.74, 6) is 0.333. The van der Waals surface area contributed by atoms with Gasteiger partial charge in [0.1, 0.15) is 0 Å². The Labute approximate surface area is 137 Å². The van der Waals surface area contributed by atoms with E-state index in [0.29, 0.717) is 18.2 Å². The molecule has 5 N–H and O–H groups in total. The van der Waals surface area contributed by atoms with Crippen molar-refractivity contribution in [3.63, 3.8) is 0 Å². The quantitative estimate of drug-likeness (QED) is 0.483. The molecular formula is C17H26N4O2. The first-order chi connectivity index (χ1) is 11.1. The van der Waals surface area contributed by atoms with Gasteiger partial charge in [0.15, 0.2) is 5.96 Å². The fourth-order valence-corrected chi connectivity index (χ4v) is 2.73. The van der Waals surface area contributed by atoms with Crippen molar-refractivity contribution >= 4 is 11.9 Å². The largest absolute Gasteiger partial charge is 0.393 e. The van der Waals surface area contributed by atoms with Crippen LogP contribution in [0.1, 0.15) is 48.5 Å². The normalized spacial score (nSPS) is 21.7. The molecule has 1 amide bonds. The maximum absolute atomic E-state index is 11.2. The molecular weight excluding hydrogens is 292 g/mol. The second-order valence-corrected chi connectivity index (χ2v) is 5.91. The number of hydrogen-bond acceptors (Lipinski definition) is 3. The van der Waals surface area contributed by atoms with Gasteiger partial charge < -0.3 is 21.5 Å². The Hall–Kier alpha value is -2.08. The van der Waals surface area contributed by atoms with E-state index in [2.05, 4.69) is 15.6 Å². The van der Waals surface area contributed by atoms with E-state index in [-0.39, 0.29) is 6.10 Å². The maximum atomic E-state index is 11.2. The summed E-state index contributed by atoms with van der Waals surface area (Å²) in [5.41, 5.74) is 6.74. The van der Waals surface area contributed by atoms with E-state index in [1.165, 1.54) is 0 Å². The average Bonchev–Trinajstić information content (AvgIpc) is 2.55. The first-order valence-electron chi connectivity index (χ1n) is 8.20. The second-order valence-electron chi connectivity index (χ2n) is 5.91. The van der Waals surface area contributed by atoms with E-state index in [0.717, 1.165) is 43.8 Å². The zero-order valence-electron chi connectivity index (χ0n) is 13.6. The molecule has 6 nitrogen and oxygen atoms in total. The molecule has 1 fully saturated rings. The number of rotatable bonds is 5. The zero-order valence-corrected chi connectivity index (χ0v) is 13.6. The molecule has 0 heterocycles. The van der Waals surface area contributed by atoms with E-state index in [1.807, 2.05) is 19.1 Å². The standard InChI is InChI=1S/C17H26N4O2/c1-2-19-17(21-14-6-8-15(22)9-7-14)20-11-12-4-3-5-13(10-12)16(18)23/h3-5,10,14-15,22H,2,6-9,11H2,1H3,(H2,18,23)(H2,19,20,21). The van der Waals surface area contributed by atoms with Crippen molar-refractivity contribution < 1.29 is 9.90 Å². The van der Waals surface area contributed by atoms with E-state index in [4.69, 9.17) is 5.73 Å². The molecule has 0 saturated heterocycles. The first kappa shape index (κ1) is 17.3. The van der Waals surface area contributed by atoms with Crippen LogP contribution in [0.25, 0.3) is 0 Å². The van der Waals surface area contributed by atoms with Gasteiger partial charge in [0, 0.05) is 18.2 Å². The Morgan fingerprint density at radius 1 is 1.35 bits per heavy atom. The molecule has 23 heavy (non-hydrogen) atoms. The minimum Gasteiger partial charge on any atom is -0.393 e. The van der Waals surface area contributed by atoms with E-state index >= 15 is 0 Å². The number of nitrogens with two attached hydrogens (primary N) is 1. The first-order valence-corrected chi connectivity index (χ1v) is 8.20. The molecule has 1 aliphatic rings. The number of primary amides is 1. The van der Waals surface area contributed by atoms with Crippen molar-refractivity contribution in [1.29, 1.82) is 0 Å². The number of aliphatic hydroxyl groups excluding tert-OH is 1. The molecule has 0 spiro atoms. The molecule has 126 valence electrons. The number of carbonyl (C=O) groups excluding carboxylic acids is 1. The van der Waals surface area contributed by atoms with Gasteiger partial charge in [-0.05, 0) is 50.3 Å². The fraction of sp³-hybridized carbons (Fsp3) is 0.529. The fourth-order valence-electron chi connectivity index (χ4n) is 2.73. The predicted molar refractivity (Wildman–Crippen MR) is 91.2 cm³/mol. The highest BCUT2D eigenvalue weighted by molar-refractivity contribution is 5.92. The van der Waals surface area contributed by atoms with Gasteiger partial charge in [-0.3, -0.25) is 4.79 Å². The van der Waals surface area contributed by atoms with E-state index in [9.17, 15) is 9.90 Å². The summed E-state index contributed by atoms with van der Waals surface area (Å²) in [7, 11) is 0. The van der Waals surface area contributed by atoms with Crippen LogP contribution in [0.15, 0.2) is 29.3 Å². The molecule has 0 unspecified atom stereocenters. The molecule has 1 aromatic carbocycles. The molecule has 0 radical (unpaired) electrons. The smallest absolute Gasteiger partial charge is 0.248 e. The summed E-state index contributed by atoms with van der Waals surface area (Å²) in [5, 5.41) is 16.2. The number of amides is 1. The molecule has 1 aliphatic carbocycles. The van der Waals surface area contributed by atoms with Crippen molar-refractivity contribution in [3.8, 4) is 0 Å². The van der Waals surface area contributed by atoms with Gasteiger partial charge in [-0.2, -0.15) is 0 Å². The van der Waals surface area contributed by atoms with Gasteiger partial charge in [-0.1, -0.05) is 12.1 Å². The van der Waals surface area contributed by atoms with Crippen LogP contribution < -0.4 is 16.4 Å². The van der Waals surface area contributed by atoms with Crippen LogP contribution in [0.3, 0.4) is 0 Å². The monoisotopic (exact) mass is 318 g/mol. The zero-order chi connectivity index (χ0) is 16.7. The lowest BCUT2D eigenvalue weighted by molar-refractivity contribution is 0.1000. The molecule has 0 aromatic heterocycles. The van der Waals surface area contributed by atoms with E-state index in [1.54, 1.807) is 12.1 Å². The third kappa shape index (κ3) is 5.56. The van der Waals surface area contributed by atoms with E-state index < -0.39 is 5.91 Å². The summed E-state index contributed by atoms with van der Waals surface area (Å²) in [6, 6.07) is 7.55. The van der Waals surface area contributed by atoms with Gasteiger partial charge in [0.25, 0.3) is 0 Å². The van der Waals surface area contributed by atoms with Crippen LogP contribution in [0.4, 0.5) is 0 Å². The van der Waals surface area contributed by atoms with Gasteiger partial charge in [0.2, 0.25) is 5.91 Å². The number of aliphatic hydroxyl groups is 1. The van der Waals surface area contributed by atoms with Crippen molar-refractivity contribution in [2.45, 2.75) is 51.3 Å². The third-order valence-electron chi connectivity index (χ3n) is 4.01. The number of aliphatic imine (C=N–C) groups is 1. The summed E-state index contributed by atoms with van der Waals surface area (Å²) in [6.45, 7) is 3.28. The average molecular weight is 318 g/mol.